The van der Waals surface area contributed by atoms with Crippen molar-refractivity contribution >= 4 is 39.9 Å². The second kappa shape index (κ2) is 5.57. The fraction of sp³-hybridized carbons (Fsp3) is 0.263. The molecule has 0 unspecified atom stereocenters. The average molecular weight is 422 g/mol. The molecule has 0 saturated carbocycles. The highest BCUT2D eigenvalue weighted by Gasteiger charge is 2.39. The zero-order chi connectivity index (χ0) is 15.3. The number of benzene rings is 2. The van der Waals surface area contributed by atoms with Crippen LogP contribution in [-0.4, -0.2) is 0 Å². The van der Waals surface area contributed by atoms with E-state index in [9.17, 15) is 0 Å². The first-order chi connectivity index (χ1) is 10.6. The summed E-state index contributed by atoms with van der Waals surface area (Å²) in [6, 6.07) is 13.1. The van der Waals surface area contributed by atoms with Crippen LogP contribution in [0.2, 0.25) is 5.02 Å². The van der Waals surface area contributed by atoms with Gasteiger partial charge in [0, 0.05) is 20.2 Å². The Bertz CT molecular complexity index is 768. The van der Waals surface area contributed by atoms with Crippen LogP contribution in [0.25, 0.3) is 0 Å². The van der Waals surface area contributed by atoms with E-state index in [4.69, 9.17) is 11.6 Å². The van der Waals surface area contributed by atoms with Crippen molar-refractivity contribution in [3.8, 4) is 0 Å². The zero-order valence-corrected chi connectivity index (χ0v) is 15.2. The predicted molar refractivity (Wildman–Crippen MR) is 102 cm³/mol. The molecule has 1 N–H and O–H groups in total. The first-order valence-corrected chi connectivity index (χ1v) is 9.08. The third-order valence-corrected chi connectivity index (χ3v) is 5.84. The largest absolute Gasteiger partial charge is 0.377 e. The highest BCUT2D eigenvalue weighted by atomic mass is 127. The molecule has 2 aromatic rings. The van der Waals surface area contributed by atoms with Crippen LogP contribution in [0.1, 0.15) is 35.1 Å². The standard InChI is InChI=1S/C19H17ClIN/c1-11-9-12(21)10-16-13-6-4-7-14(13)19(22-18(11)16)15-5-2-3-8-17(15)20/h2-6,8-10,13-14,19,22H,7H2,1H3/t13-,14-,19+/m0/s1. The molecule has 22 heavy (non-hydrogen) atoms. The van der Waals surface area contributed by atoms with Gasteiger partial charge in [0.25, 0.3) is 0 Å². The lowest BCUT2D eigenvalue weighted by Crippen LogP contribution is -2.29. The minimum absolute atomic E-state index is 0.278. The molecule has 0 saturated heterocycles. The number of hydrogen-bond acceptors (Lipinski definition) is 1. The lowest BCUT2D eigenvalue weighted by Gasteiger charge is -2.38. The van der Waals surface area contributed by atoms with Crippen molar-refractivity contribution in [3.05, 3.63) is 73.8 Å². The van der Waals surface area contributed by atoms with E-state index >= 15 is 0 Å². The van der Waals surface area contributed by atoms with Crippen molar-refractivity contribution in [2.75, 3.05) is 5.32 Å². The maximum absolute atomic E-state index is 6.48. The molecule has 0 aromatic heterocycles. The van der Waals surface area contributed by atoms with Gasteiger partial charge < -0.3 is 5.32 Å². The summed E-state index contributed by atoms with van der Waals surface area (Å²) in [5.41, 5.74) is 5.26. The fourth-order valence-corrected chi connectivity index (χ4v) is 4.93. The molecular weight excluding hydrogens is 405 g/mol. The lowest BCUT2D eigenvalue weighted by atomic mass is 9.76. The van der Waals surface area contributed by atoms with Crippen molar-refractivity contribution < 1.29 is 0 Å². The summed E-state index contributed by atoms with van der Waals surface area (Å²) in [6.45, 7) is 2.19. The summed E-state index contributed by atoms with van der Waals surface area (Å²) < 4.78 is 1.31. The molecule has 0 amide bonds. The van der Waals surface area contributed by atoms with Gasteiger partial charge in [-0.15, -0.1) is 0 Å². The topological polar surface area (TPSA) is 12.0 Å². The van der Waals surface area contributed by atoms with Crippen LogP contribution in [-0.2, 0) is 0 Å². The lowest BCUT2D eigenvalue weighted by molar-refractivity contribution is 0.425. The van der Waals surface area contributed by atoms with E-state index in [1.165, 1.54) is 25.9 Å². The van der Waals surface area contributed by atoms with Gasteiger partial charge in [0.15, 0.2) is 0 Å². The Morgan fingerprint density at radius 1 is 1.18 bits per heavy atom. The number of anilines is 1. The van der Waals surface area contributed by atoms with Gasteiger partial charge in [-0.25, -0.2) is 0 Å². The second-order valence-electron chi connectivity index (χ2n) is 6.18. The van der Waals surface area contributed by atoms with Crippen molar-refractivity contribution in [1.82, 2.24) is 0 Å². The van der Waals surface area contributed by atoms with Crippen molar-refractivity contribution in [2.45, 2.75) is 25.3 Å². The molecule has 0 fully saturated rings. The maximum atomic E-state index is 6.48. The smallest absolute Gasteiger partial charge is 0.0568 e. The summed E-state index contributed by atoms with van der Waals surface area (Å²) in [5.74, 6) is 1.04. The molecule has 1 nitrogen and oxygen atoms in total. The molecule has 2 aromatic carbocycles. The summed E-state index contributed by atoms with van der Waals surface area (Å²) in [4.78, 5) is 0. The Hall–Kier alpha value is -1.00. The van der Waals surface area contributed by atoms with Crippen LogP contribution in [0, 0.1) is 16.4 Å². The molecule has 112 valence electrons. The number of nitrogens with one attached hydrogen (secondary N) is 1. The quantitative estimate of drug-likeness (QED) is 0.435. The van der Waals surface area contributed by atoms with Gasteiger partial charge >= 0.3 is 0 Å². The van der Waals surface area contributed by atoms with Crippen molar-refractivity contribution in [2.24, 2.45) is 5.92 Å². The maximum Gasteiger partial charge on any atom is 0.0568 e. The Labute approximate surface area is 149 Å². The number of allylic oxidation sites excluding steroid dienone is 2. The molecule has 1 aliphatic heterocycles. The van der Waals surface area contributed by atoms with Gasteiger partial charge in [-0.3, -0.25) is 0 Å². The van der Waals surface area contributed by atoms with Crippen LogP contribution in [0.3, 0.4) is 0 Å². The fourth-order valence-electron chi connectivity index (χ4n) is 3.88. The summed E-state index contributed by atoms with van der Waals surface area (Å²) in [7, 11) is 0. The first-order valence-electron chi connectivity index (χ1n) is 7.63. The van der Waals surface area contributed by atoms with Gasteiger partial charge in [0.05, 0.1) is 6.04 Å². The van der Waals surface area contributed by atoms with Crippen LogP contribution < -0.4 is 5.32 Å². The number of fused-ring (bicyclic) bond motifs is 3. The highest BCUT2D eigenvalue weighted by Crippen LogP contribution is 2.51. The minimum atomic E-state index is 0.278. The summed E-state index contributed by atoms with van der Waals surface area (Å²) >= 11 is 8.89. The zero-order valence-electron chi connectivity index (χ0n) is 12.3. The predicted octanol–water partition coefficient (Wildman–Crippen LogP) is 6.08. The molecule has 3 heteroatoms. The van der Waals surface area contributed by atoms with Crippen molar-refractivity contribution in [1.29, 1.82) is 0 Å². The van der Waals surface area contributed by atoms with E-state index in [0.29, 0.717) is 11.8 Å². The Morgan fingerprint density at radius 3 is 2.82 bits per heavy atom. The Kier molecular flexibility index (Phi) is 3.69. The minimum Gasteiger partial charge on any atom is -0.377 e. The van der Waals surface area contributed by atoms with E-state index in [0.717, 1.165) is 11.4 Å². The molecule has 0 spiro atoms. The van der Waals surface area contributed by atoms with E-state index in [-0.39, 0.29) is 6.04 Å². The molecule has 3 atom stereocenters. The van der Waals surface area contributed by atoms with E-state index in [1.807, 2.05) is 12.1 Å². The van der Waals surface area contributed by atoms with E-state index in [1.54, 1.807) is 0 Å². The first kappa shape index (κ1) is 14.6. The molecular formula is C19H17ClIN. The number of hydrogen-bond donors (Lipinski definition) is 1. The SMILES string of the molecule is Cc1cc(I)cc2c1N[C@@H](c1ccccc1Cl)[C@H]1CC=C[C@H]21. The van der Waals surface area contributed by atoms with Gasteiger partial charge in [-0.2, -0.15) is 0 Å². The molecule has 0 bridgehead atoms. The van der Waals surface area contributed by atoms with Crippen LogP contribution in [0.5, 0.6) is 0 Å². The number of halogens is 2. The number of aryl methyl sites for hydroxylation is 1. The third-order valence-electron chi connectivity index (χ3n) is 4.87. The number of rotatable bonds is 1. The summed E-state index contributed by atoms with van der Waals surface area (Å²) in [5, 5.41) is 4.65. The second-order valence-corrected chi connectivity index (χ2v) is 7.84. The normalized spacial score (nSPS) is 25.5. The molecule has 2 aliphatic rings. The van der Waals surface area contributed by atoms with Crippen molar-refractivity contribution in [3.63, 3.8) is 0 Å². The van der Waals surface area contributed by atoms with Crippen LogP contribution in [0.15, 0.2) is 48.6 Å². The molecule has 4 rings (SSSR count). The average Bonchev–Trinajstić information content (AvgIpc) is 2.97. The highest BCUT2D eigenvalue weighted by molar-refractivity contribution is 14.1. The van der Waals surface area contributed by atoms with Crippen LogP contribution >= 0.6 is 34.2 Å². The van der Waals surface area contributed by atoms with Gasteiger partial charge in [-0.1, -0.05) is 42.0 Å². The van der Waals surface area contributed by atoms with Crippen LogP contribution in [0.4, 0.5) is 5.69 Å². The Morgan fingerprint density at radius 2 is 2.00 bits per heavy atom. The van der Waals surface area contributed by atoms with E-state index in [2.05, 4.69) is 71.2 Å². The van der Waals surface area contributed by atoms with Gasteiger partial charge in [-0.05, 0) is 76.7 Å². The monoisotopic (exact) mass is 421 g/mol. The molecule has 1 heterocycles. The molecule has 0 radical (unpaired) electrons. The molecule has 1 aliphatic carbocycles. The Balaban J connectivity index is 1.86. The van der Waals surface area contributed by atoms with Gasteiger partial charge in [0.1, 0.15) is 0 Å². The summed E-state index contributed by atoms with van der Waals surface area (Å²) in [6.07, 6.45) is 5.81. The third kappa shape index (κ3) is 2.28. The van der Waals surface area contributed by atoms with Gasteiger partial charge in [0.2, 0.25) is 0 Å². The van der Waals surface area contributed by atoms with E-state index < -0.39 is 0 Å².